The van der Waals surface area contributed by atoms with Crippen molar-refractivity contribution < 1.29 is 14.6 Å². The van der Waals surface area contributed by atoms with Gasteiger partial charge in [-0.15, -0.1) is 0 Å². The summed E-state index contributed by atoms with van der Waals surface area (Å²) in [7, 11) is 1.62. The number of nitrogens with zero attached hydrogens (tertiary/aromatic N) is 2. The Bertz CT molecular complexity index is 791. The molecule has 2 aromatic carbocycles. The Morgan fingerprint density at radius 3 is 2.81 bits per heavy atom. The maximum atomic E-state index is 10.9. The van der Waals surface area contributed by atoms with Crippen molar-refractivity contribution in [3.05, 3.63) is 53.6 Å². The van der Waals surface area contributed by atoms with Crippen LogP contribution in [-0.2, 0) is 6.61 Å². The molecule has 1 fully saturated rings. The minimum atomic E-state index is -0.671. The summed E-state index contributed by atoms with van der Waals surface area (Å²) in [6.45, 7) is 1.34. The fourth-order valence-corrected chi connectivity index (χ4v) is 3.68. The molecule has 2 heterocycles. The smallest absolute Gasteiger partial charge is 0.163 e. The summed E-state index contributed by atoms with van der Waals surface area (Å²) in [4.78, 5) is 6.76. The number of aliphatic imine (C=N–C) groups is 1. The van der Waals surface area contributed by atoms with Crippen molar-refractivity contribution in [2.75, 3.05) is 13.7 Å². The lowest BCUT2D eigenvalue weighted by molar-refractivity contribution is -0.0225. The topological polar surface area (TPSA) is 54.3 Å². The van der Waals surface area contributed by atoms with E-state index in [1.54, 1.807) is 7.11 Å². The molecule has 1 saturated heterocycles. The number of benzene rings is 2. The first-order valence-electron chi connectivity index (χ1n) is 9.13. The van der Waals surface area contributed by atoms with Gasteiger partial charge in [-0.2, -0.15) is 0 Å². The Morgan fingerprint density at radius 2 is 2.00 bits per heavy atom. The fraction of sp³-hybridized carbons (Fsp3) is 0.381. The minimum absolute atomic E-state index is 0.186. The second-order valence-electron chi connectivity index (χ2n) is 6.79. The summed E-state index contributed by atoms with van der Waals surface area (Å²) >= 11 is 0. The van der Waals surface area contributed by atoms with Crippen molar-refractivity contribution in [1.29, 1.82) is 0 Å². The molecule has 2 atom stereocenters. The van der Waals surface area contributed by atoms with Crippen LogP contribution >= 0.6 is 0 Å². The summed E-state index contributed by atoms with van der Waals surface area (Å²) < 4.78 is 11.5. The number of hydrogen-bond donors (Lipinski definition) is 1. The van der Waals surface area contributed by atoms with Crippen molar-refractivity contribution >= 4 is 11.9 Å². The standard InChI is InChI=1S/C21H24N2O3/c1-25-19-11-17-18(12-20(19)26-14-15-7-3-2-4-8-15)22-13-16-9-5-6-10-23(16)21(17)24/h2-4,7-8,11-13,16,21,24H,5-6,9-10,14H2,1H3/t16-,21?/m0/s1. The zero-order chi connectivity index (χ0) is 17.9. The second-order valence-corrected chi connectivity index (χ2v) is 6.79. The molecular formula is C21H24N2O3. The van der Waals surface area contributed by atoms with E-state index in [-0.39, 0.29) is 6.04 Å². The third-order valence-corrected chi connectivity index (χ3v) is 5.12. The van der Waals surface area contributed by atoms with Crippen molar-refractivity contribution in [2.45, 2.75) is 38.1 Å². The molecule has 2 aromatic rings. The molecule has 0 radical (unpaired) electrons. The lowest BCUT2D eigenvalue weighted by Crippen LogP contribution is -2.42. The van der Waals surface area contributed by atoms with Gasteiger partial charge in [0.05, 0.1) is 12.8 Å². The van der Waals surface area contributed by atoms with E-state index in [1.165, 1.54) is 6.42 Å². The van der Waals surface area contributed by atoms with Crippen LogP contribution in [0.5, 0.6) is 11.5 Å². The number of ether oxygens (including phenoxy) is 2. The number of rotatable bonds is 4. The van der Waals surface area contributed by atoms with E-state index < -0.39 is 6.23 Å². The number of aliphatic hydroxyl groups excluding tert-OH is 1. The Labute approximate surface area is 153 Å². The highest BCUT2D eigenvalue weighted by Gasteiger charge is 2.32. The Kier molecular flexibility index (Phi) is 4.91. The van der Waals surface area contributed by atoms with Crippen LogP contribution in [0.15, 0.2) is 47.5 Å². The largest absolute Gasteiger partial charge is 0.493 e. The van der Waals surface area contributed by atoms with Crippen LogP contribution in [0.25, 0.3) is 0 Å². The normalized spacial score (nSPS) is 22.2. The van der Waals surface area contributed by atoms with E-state index in [2.05, 4.69) is 9.89 Å². The van der Waals surface area contributed by atoms with E-state index in [9.17, 15) is 5.11 Å². The van der Waals surface area contributed by atoms with Gasteiger partial charge in [0.25, 0.3) is 0 Å². The molecular weight excluding hydrogens is 328 g/mol. The molecule has 1 N–H and O–H groups in total. The highest BCUT2D eigenvalue weighted by atomic mass is 16.5. The first-order chi connectivity index (χ1) is 12.8. The zero-order valence-electron chi connectivity index (χ0n) is 15.0. The van der Waals surface area contributed by atoms with Gasteiger partial charge in [-0.25, -0.2) is 0 Å². The van der Waals surface area contributed by atoms with E-state index in [0.29, 0.717) is 18.1 Å². The lowest BCUT2D eigenvalue weighted by atomic mass is 10.0. The Hall–Kier alpha value is -2.37. The summed E-state index contributed by atoms with van der Waals surface area (Å²) in [5.41, 5.74) is 2.61. The Morgan fingerprint density at radius 1 is 1.15 bits per heavy atom. The van der Waals surface area contributed by atoms with E-state index in [0.717, 1.165) is 36.2 Å². The average molecular weight is 352 g/mol. The van der Waals surface area contributed by atoms with Crippen LogP contribution in [-0.4, -0.2) is 35.9 Å². The molecule has 0 amide bonds. The quantitative estimate of drug-likeness (QED) is 0.908. The molecule has 4 rings (SSSR count). The molecule has 2 aliphatic heterocycles. The van der Waals surface area contributed by atoms with Gasteiger partial charge >= 0.3 is 0 Å². The van der Waals surface area contributed by atoms with Crippen LogP contribution < -0.4 is 9.47 Å². The maximum absolute atomic E-state index is 10.9. The first kappa shape index (κ1) is 17.1. The van der Waals surface area contributed by atoms with Gasteiger partial charge in [0.15, 0.2) is 11.5 Å². The molecule has 0 spiro atoms. The van der Waals surface area contributed by atoms with Crippen molar-refractivity contribution in [3.8, 4) is 11.5 Å². The zero-order valence-corrected chi connectivity index (χ0v) is 15.0. The number of piperidine rings is 1. The summed E-state index contributed by atoms with van der Waals surface area (Å²) in [5.74, 6) is 1.25. The minimum Gasteiger partial charge on any atom is -0.493 e. The molecule has 5 nitrogen and oxygen atoms in total. The van der Waals surface area contributed by atoms with Crippen LogP contribution in [0, 0.1) is 0 Å². The molecule has 136 valence electrons. The molecule has 5 heteroatoms. The SMILES string of the molecule is COc1cc2c(cc1OCc1ccccc1)N=C[C@@H]1CCCCN1C2O. The van der Waals surface area contributed by atoms with E-state index >= 15 is 0 Å². The first-order valence-corrected chi connectivity index (χ1v) is 9.13. The fourth-order valence-electron chi connectivity index (χ4n) is 3.68. The van der Waals surface area contributed by atoms with Gasteiger partial charge < -0.3 is 14.6 Å². The van der Waals surface area contributed by atoms with Crippen LogP contribution in [0.4, 0.5) is 5.69 Å². The third kappa shape index (κ3) is 3.32. The number of hydrogen-bond acceptors (Lipinski definition) is 5. The number of aliphatic hydroxyl groups is 1. The summed E-state index contributed by atoms with van der Waals surface area (Å²) in [5, 5.41) is 10.9. The average Bonchev–Trinajstić information content (AvgIpc) is 2.83. The van der Waals surface area contributed by atoms with Crippen LogP contribution in [0.1, 0.15) is 36.6 Å². The lowest BCUT2D eigenvalue weighted by Gasteiger charge is -2.35. The van der Waals surface area contributed by atoms with Crippen LogP contribution in [0.2, 0.25) is 0 Å². The predicted molar refractivity (Wildman–Crippen MR) is 101 cm³/mol. The number of methoxy groups -OCH3 is 1. The maximum Gasteiger partial charge on any atom is 0.163 e. The highest BCUT2D eigenvalue weighted by molar-refractivity contribution is 5.73. The van der Waals surface area contributed by atoms with Crippen molar-refractivity contribution in [3.63, 3.8) is 0 Å². The van der Waals surface area contributed by atoms with Crippen molar-refractivity contribution in [2.24, 2.45) is 4.99 Å². The van der Waals surface area contributed by atoms with Crippen molar-refractivity contribution in [1.82, 2.24) is 4.90 Å². The monoisotopic (exact) mass is 352 g/mol. The van der Waals surface area contributed by atoms with Gasteiger partial charge in [0.1, 0.15) is 12.8 Å². The van der Waals surface area contributed by atoms with Gasteiger partial charge in [-0.3, -0.25) is 9.89 Å². The van der Waals surface area contributed by atoms with Gasteiger partial charge in [0.2, 0.25) is 0 Å². The number of fused-ring (bicyclic) bond motifs is 2. The molecule has 0 aliphatic carbocycles. The van der Waals surface area contributed by atoms with E-state index in [1.807, 2.05) is 48.7 Å². The second kappa shape index (κ2) is 7.48. The molecule has 0 bridgehead atoms. The van der Waals surface area contributed by atoms with E-state index in [4.69, 9.17) is 9.47 Å². The Balaban J connectivity index is 1.64. The summed E-state index contributed by atoms with van der Waals surface area (Å²) in [6.07, 6.45) is 4.59. The molecule has 26 heavy (non-hydrogen) atoms. The summed E-state index contributed by atoms with van der Waals surface area (Å²) in [6, 6.07) is 13.9. The predicted octanol–water partition coefficient (Wildman–Crippen LogP) is 3.84. The van der Waals surface area contributed by atoms with Gasteiger partial charge in [0, 0.05) is 30.4 Å². The van der Waals surface area contributed by atoms with Gasteiger partial charge in [-0.1, -0.05) is 36.8 Å². The van der Waals surface area contributed by atoms with Crippen LogP contribution in [0.3, 0.4) is 0 Å². The van der Waals surface area contributed by atoms with Gasteiger partial charge in [-0.05, 0) is 24.5 Å². The highest BCUT2D eigenvalue weighted by Crippen LogP contribution is 2.41. The molecule has 0 aromatic heterocycles. The molecule has 1 unspecified atom stereocenters. The molecule has 0 saturated carbocycles. The molecule has 2 aliphatic rings. The third-order valence-electron chi connectivity index (χ3n) is 5.12.